The van der Waals surface area contributed by atoms with Crippen molar-refractivity contribution in [3.8, 4) is 5.75 Å². The van der Waals surface area contributed by atoms with Gasteiger partial charge in [0.25, 0.3) is 0 Å². The summed E-state index contributed by atoms with van der Waals surface area (Å²) in [6.45, 7) is 3.93. The number of ether oxygens (including phenoxy) is 1. The molecule has 10 heteroatoms. The van der Waals surface area contributed by atoms with E-state index in [1.807, 2.05) is 6.07 Å². The lowest BCUT2D eigenvalue weighted by Gasteiger charge is -2.21. The summed E-state index contributed by atoms with van der Waals surface area (Å²) in [5.41, 5.74) is 0.00231. The Hall–Kier alpha value is -3.56. The highest BCUT2D eigenvalue weighted by molar-refractivity contribution is 5.92. The lowest BCUT2D eigenvalue weighted by atomic mass is 9.97. The van der Waals surface area contributed by atoms with Gasteiger partial charge in [0.05, 0.1) is 24.3 Å². The van der Waals surface area contributed by atoms with E-state index in [9.17, 15) is 18.0 Å². The zero-order valence-electron chi connectivity index (χ0n) is 18.1. The molecule has 0 bridgehead atoms. The third kappa shape index (κ3) is 4.79. The molecule has 1 unspecified atom stereocenters. The Balaban J connectivity index is 1.58. The van der Waals surface area contributed by atoms with Gasteiger partial charge in [0.2, 0.25) is 0 Å². The first-order chi connectivity index (χ1) is 15.6. The largest absolute Gasteiger partial charge is 0.488 e. The van der Waals surface area contributed by atoms with Gasteiger partial charge in [-0.3, -0.25) is 0 Å². The van der Waals surface area contributed by atoms with Crippen molar-refractivity contribution in [2.45, 2.75) is 38.6 Å². The maximum absolute atomic E-state index is 13.3. The van der Waals surface area contributed by atoms with Crippen LogP contribution in [0.4, 0.5) is 23.8 Å². The van der Waals surface area contributed by atoms with E-state index in [2.05, 4.69) is 15.5 Å². The molecule has 2 atom stereocenters. The van der Waals surface area contributed by atoms with Crippen LogP contribution in [0.1, 0.15) is 36.1 Å². The molecule has 1 aliphatic heterocycles. The topological polar surface area (TPSA) is 87.6 Å². The lowest BCUT2D eigenvalue weighted by Crippen LogP contribution is -2.29. The van der Waals surface area contributed by atoms with E-state index in [0.29, 0.717) is 42.0 Å². The first-order valence-corrected chi connectivity index (χ1v) is 10.5. The second-order valence-corrected chi connectivity index (χ2v) is 8.08. The summed E-state index contributed by atoms with van der Waals surface area (Å²) in [6, 6.07) is 9.03. The summed E-state index contributed by atoms with van der Waals surface area (Å²) in [4.78, 5) is 12.4. The maximum Gasteiger partial charge on any atom is 0.416 e. The number of likely N-dealkylation sites (tertiary alicyclic amines) is 1. The normalized spacial score (nSPS) is 17.2. The van der Waals surface area contributed by atoms with Crippen molar-refractivity contribution >= 4 is 22.7 Å². The fraction of sp³-hybridized carbons (Fsp3) is 0.348. The average molecular weight is 460 g/mol. The SMILES string of the molecule is Cc1c([C@@H](C)Nc2nncc3ccc(OC4CCN(C(=O)O)C4)cc23)cccc1C(F)(F)F. The molecule has 3 aromatic rings. The minimum absolute atomic E-state index is 0.159. The Kier molecular flexibility index (Phi) is 6.01. The quantitative estimate of drug-likeness (QED) is 0.540. The Bertz CT molecular complexity index is 1190. The number of amides is 1. The molecule has 2 heterocycles. The molecule has 174 valence electrons. The van der Waals surface area contributed by atoms with Crippen molar-refractivity contribution in [2.75, 3.05) is 18.4 Å². The molecule has 1 aliphatic rings. The van der Waals surface area contributed by atoms with Gasteiger partial charge in [-0.05, 0) is 49.2 Å². The third-order valence-corrected chi connectivity index (χ3v) is 5.85. The van der Waals surface area contributed by atoms with Crippen molar-refractivity contribution in [2.24, 2.45) is 0 Å². The molecule has 0 spiro atoms. The monoisotopic (exact) mass is 460 g/mol. The van der Waals surface area contributed by atoms with Crippen LogP contribution < -0.4 is 10.1 Å². The van der Waals surface area contributed by atoms with E-state index in [1.165, 1.54) is 17.9 Å². The number of nitrogens with zero attached hydrogens (tertiary/aromatic N) is 3. The second-order valence-electron chi connectivity index (χ2n) is 8.08. The second kappa shape index (κ2) is 8.76. The molecule has 2 aromatic carbocycles. The number of fused-ring (bicyclic) bond motifs is 1. The number of halogens is 3. The fourth-order valence-electron chi connectivity index (χ4n) is 4.14. The first-order valence-electron chi connectivity index (χ1n) is 10.5. The van der Waals surface area contributed by atoms with E-state index < -0.39 is 23.9 Å². The van der Waals surface area contributed by atoms with Crippen molar-refractivity contribution in [3.63, 3.8) is 0 Å². The smallest absolute Gasteiger partial charge is 0.416 e. The van der Waals surface area contributed by atoms with Gasteiger partial charge in [0, 0.05) is 23.7 Å². The molecule has 4 rings (SSSR count). The summed E-state index contributed by atoms with van der Waals surface area (Å²) in [5, 5.41) is 21.9. The summed E-state index contributed by atoms with van der Waals surface area (Å²) in [6.07, 6.45) is -3.47. The van der Waals surface area contributed by atoms with Crippen molar-refractivity contribution in [1.29, 1.82) is 0 Å². The van der Waals surface area contributed by atoms with Crippen LogP contribution in [-0.4, -0.2) is 45.5 Å². The molecule has 33 heavy (non-hydrogen) atoms. The summed E-state index contributed by atoms with van der Waals surface area (Å²) in [7, 11) is 0. The Morgan fingerprint density at radius 3 is 2.79 bits per heavy atom. The molecular weight excluding hydrogens is 437 g/mol. The first kappa shape index (κ1) is 22.6. The minimum Gasteiger partial charge on any atom is -0.488 e. The highest BCUT2D eigenvalue weighted by atomic mass is 19.4. The van der Waals surface area contributed by atoms with E-state index in [-0.39, 0.29) is 11.7 Å². The molecule has 0 radical (unpaired) electrons. The highest BCUT2D eigenvalue weighted by Gasteiger charge is 2.33. The van der Waals surface area contributed by atoms with Crippen LogP contribution in [-0.2, 0) is 6.18 Å². The molecular formula is C23H23F3N4O3. The van der Waals surface area contributed by atoms with E-state index >= 15 is 0 Å². The molecule has 2 N–H and O–H groups in total. The van der Waals surface area contributed by atoms with Gasteiger partial charge in [-0.25, -0.2) is 4.79 Å². The highest BCUT2D eigenvalue weighted by Crippen LogP contribution is 2.36. The van der Waals surface area contributed by atoms with Crippen LogP contribution in [0.3, 0.4) is 0 Å². The van der Waals surface area contributed by atoms with Gasteiger partial charge in [-0.2, -0.15) is 18.3 Å². The zero-order valence-corrected chi connectivity index (χ0v) is 18.1. The molecule has 1 fully saturated rings. The lowest BCUT2D eigenvalue weighted by molar-refractivity contribution is -0.138. The number of alkyl halides is 3. The van der Waals surface area contributed by atoms with Gasteiger partial charge < -0.3 is 20.1 Å². The van der Waals surface area contributed by atoms with Crippen LogP contribution >= 0.6 is 0 Å². The predicted molar refractivity (Wildman–Crippen MR) is 116 cm³/mol. The van der Waals surface area contributed by atoms with Crippen molar-refractivity contribution in [1.82, 2.24) is 15.1 Å². The van der Waals surface area contributed by atoms with Crippen LogP contribution in [0.25, 0.3) is 10.8 Å². The van der Waals surface area contributed by atoms with Gasteiger partial charge in [0.1, 0.15) is 11.9 Å². The number of benzene rings is 2. The molecule has 7 nitrogen and oxygen atoms in total. The van der Waals surface area contributed by atoms with E-state index in [0.717, 1.165) is 11.5 Å². The van der Waals surface area contributed by atoms with Crippen molar-refractivity contribution in [3.05, 3.63) is 59.3 Å². The average Bonchev–Trinajstić information content (AvgIpc) is 3.22. The third-order valence-electron chi connectivity index (χ3n) is 5.85. The van der Waals surface area contributed by atoms with Crippen LogP contribution in [0, 0.1) is 6.92 Å². The van der Waals surface area contributed by atoms with Gasteiger partial charge >= 0.3 is 12.3 Å². The molecule has 1 amide bonds. The summed E-state index contributed by atoms with van der Waals surface area (Å²) < 4.78 is 45.9. The van der Waals surface area contributed by atoms with E-state index in [4.69, 9.17) is 9.84 Å². The number of carbonyl (C=O) groups is 1. The molecule has 0 aliphatic carbocycles. The number of nitrogens with one attached hydrogen (secondary N) is 1. The minimum atomic E-state index is -4.43. The van der Waals surface area contributed by atoms with E-state index in [1.54, 1.807) is 31.3 Å². The number of carboxylic acid groups (broad SMARTS) is 1. The number of aromatic nitrogens is 2. The Morgan fingerprint density at radius 1 is 1.30 bits per heavy atom. The summed E-state index contributed by atoms with van der Waals surface area (Å²) in [5.74, 6) is 0.972. The maximum atomic E-state index is 13.3. The predicted octanol–water partition coefficient (Wildman–Crippen LogP) is 5.26. The van der Waals surface area contributed by atoms with Crippen LogP contribution in [0.5, 0.6) is 5.75 Å². The molecule has 0 saturated carbocycles. The number of rotatable bonds is 5. The zero-order chi connectivity index (χ0) is 23.8. The fourth-order valence-corrected chi connectivity index (χ4v) is 4.14. The van der Waals surface area contributed by atoms with Gasteiger partial charge in [-0.15, -0.1) is 5.10 Å². The van der Waals surface area contributed by atoms with Gasteiger partial charge in [0.15, 0.2) is 5.82 Å². The number of hydrogen-bond donors (Lipinski definition) is 2. The standard InChI is InChI=1S/C23H23F3N4O3/c1-13-18(4-3-5-20(13)23(24,25)26)14(2)28-21-19-10-16(7-6-15(19)11-27-29-21)33-17-8-9-30(12-17)22(31)32/h3-7,10-11,14,17H,8-9,12H2,1-2H3,(H,28,29)(H,31,32)/t14-,17?/m1/s1. The molecule has 1 saturated heterocycles. The van der Waals surface area contributed by atoms with Crippen LogP contribution in [0.15, 0.2) is 42.6 Å². The number of anilines is 1. The molecule has 1 aromatic heterocycles. The summed E-state index contributed by atoms with van der Waals surface area (Å²) >= 11 is 0. The van der Waals surface area contributed by atoms with Crippen LogP contribution in [0.2, 0.25) is 0 Å². The Labute approximate surface area is 188 Å². The Morgan fingerprint density at radius 2 is 2.09 bits per heavy atom. The van der Waals surface area contributed by atoms with Gasteiger partial charge in [-0.1, -0.05) is 12.1 Å². The number of hydrogen-bond acceptors (Lipinski definition) is 5. The van der Waals surface area contributed by atoms with Crippen molar-refractivity contribution < 1.29 is 27.8 Å².